The maximum Gasteiger partial charge on any atom is 0.260 e. The lowest BCUT2D eigenvalue weighted by Gasteiger charge is -2.15. The highest BCUT2D eigenvalue weighted by Gasteiger charge is 2.15. The number of nitrogen functional groups attached to an aromatic ring is 1. The summed E-state index contributed by atoms with van der Waals surface area (Å²) in [6.45, 7) is 4.15. The van der Waals surface area contributed by atoms with Crippen LogP contribution in [0.5, 0.6) is 5.75 Å². The first-order valence-electron chi connectivity index (χ1n) is 5.04. The van der Waals surface area contributed by atoms with E-state index in [9.17, 15) is 4.79 Å². The summed E-state index contributed by atoms with van der Waals surface area (Å²) in [6.07, 6.45) is -0.543. The molecule has 1 aromatic carbocycles. The number of rotatable bonds is 4. The zero-order valence-electron chi connectivity index (χ0n) is 9.29. The van der Waals surface area contributed by atoms with Gasteiger partial charge in [0.1, 0.15) is 5.75 Å². The summed E-state index contributed by atoms with van der Waals surface area (Å²) in [5.74, 6) is 0.426. The second-order valence-corrected chi connectivity index (χ2v) is 4.11. The van der Waals surface area contributed by atoms with Crippen LogP contribution in [0.3, 0.4) is 0 Å². The smallest absolute Gasteiger partial charge is 0.260 e. The van der Waals surface area contributed by atoms with E-state index in [-0.39, 0.29) is 5.91 Å². The number of halogens is 1. The molecule has 1 unspecified atom stereocenters. The summed E-state index contributed by atoms with van der Waals surface area (Å²) in [4.78, 5) is 11.5. The number of ether oxygens (including phenoxy) is 1. The molecule has 1 atom stereocenters. The molecule has 0 aliphatic rings. The highest BCUT2D eigenvalue weighted by atomic mass is 79.9. The van der Waals surface area contributed by atoms with Crippen molar-refractivity contribution in [3.63, 3.8) is 0 Å². The van der Waals surface area contributed by atoms with Crippen LogP contribution in [0.2, 0.25) is 0 Å². The van der Waals surface area contributed by atoms with E-state index in [0.29, 0.717) is 22.5 Å². The summed E-state index contributed by atoms with van der Waals surface area (Å²) in [6, 6.07) is 5.30. The van der Waals surface area contributed by atoms with Crippen LogP contribution in [0.4, 0.5) is 5.69 Å². The molecule has 0 saturated heterocycles. The molecule has 0 bridgehead atoms. The first kappa shape index (κ1) is 12.8. The van der Waals surface area contributed by atoms with E-state index in [1.165, 1.54) is 0 Å². The standard InChI is InChI=1S/C11H15BrN2O2/c1-3-14-11(15)7(2)16-9-6-4-5-8(13)10(9)12/h4-7H,3,13H2,1-2H3,(H,14,15). The van der Waals surface area contributed by atoms with Gasteiger partial charge in [0.25, 0.3) is 5.91 Å². The largest absolute Gasteiger partial charge is 0.480 e. The Bertz CT molecular complexity index is 382. The van der Waals surface area contributed by atoms with Crippen LogP contribution in [0, 0.1) is 0 Å². The van der Waals surface area contributed by atoms with E-state index in [1.807, 2.05) is 6.92 Å². The van der Waals surface area contributed by atoms with E-state index >= 15 is 0 Å². The molecule has 0 aliphatic heterocycles. The molecule has 0 aliphatic carbocycles. The Kier molecular flexibility index (Phi) is 4.61. The predicted octanol–water partition coefficient (Wildman–Crippen LogP) is 1.93. The molecular formula is C11H15BrN2O2. The van der Waals surface area contributed by atoms with Crippen LogP contribution in [-0.2, 0) is 4.79 Å². The highest BCUT2D eigenvalue weighted by molar-refractivity contribution is 9.10. The summed E-state index contributed by atoms with van der Waals surface area (Å²) >= 11 is 3.32. The average molecular weight is 287 g/mol. The van der Waals surface area contributed by atoms with Crippen LogP contribution < -0.4 is 15.8 Å². The van der Waals surface area contributed by atoms with E-state index in [0.717, 1.165) is 0 Å². The maximum atomic E-state index is 11.5. The summed E-state index contributed by atoms with van der Waals surface area (Å²) in [5.41, 5.74) is 6.29. The van der Waals surface area contributed by atoms with Crippen LogP contribution in [0.1, 0.15) is 13.8 Å². The van der Waals surface area contributed by atoms with Crippen molar-refractivity contribution in [1.82, 2.24) is 5.32 Å². The molecule has 1 rings (SSSR count). The van der Waals surface area contributed by atoms with Gasteiger partial charge in [0, 0.05) is 12.2 Å². The van der Waals surface area contributed by atoms with Gasteiger partial charge >= 0.3 is 0 Å². The second kappa shape index (κ2) is 5.75. The molecule has 88 valence electrons. The number of anilines is 1. The number of nitrogens with two attached hydrogens (primary N) is 1. The topological polar surface area (TPSA) is 64.3 Å². The Balaban J connectivity index is 2.73. The Morgan fingerprint density at radius 1 is 1.62 bits per heavy atom. The van der Waals surface area contributed by atoms with E-state index in [2.05, 4.69) is 21.2 Å². The SMILES string of the molecule is CCNC(=O)C(C)Oc1cccc(N)c1Br. The Morgan fingerprint density at radius 3 is 2.94 bits per heavy atom. The number of likely N-dealkylation sites (N-methyl/N-ethyl adjacent to an activating group) is 1. The minimum Gasteiger partial charge on any atom is -0.480 e. The monoisotopic (exact) mass is 286 g/mol. The van der Waals surface area contributed by atoms with Crippen molar-refractivity contribution in [2.45, 2.75) is 20.0 Å². The fraction of sp³-hybridized carbons (Fsp3) is 0.364. The molecule has 0 fully saturated rings. The van der Waals surface area contributed by atoms with E-state index in [1.54, 1.807) is 25.1 Å². The minimum absolute atomic E-state index is 0.142. The maximum absolute atomic E-state index is 11.5. The van der Waals surface area contributed by atoms with E-state index in [4.69, 9.17) is 10.5 Å². The van der Waals surface area contributed by atoms with Gasteiger partial charge in [0.05, 0.1) is 4.47 Å². The van der Waals surface area contributed by atoms with Crippen molar-refractivity contribution in [2.75, 3.05) is 12.3 Å². The van der Waals surface area contributed by atoms with Crippen LogP contribution in [0.15, 0.2) is 22.7 Å². The minimum atomic E-state index is -0.543. The Hall–Kier alpha value is -1.23. The fourth-order valence-electron chi connectivity index (χ4n) is 1.18. The van der Waals surface area contributed by atoms with Crippen LogP contribution in [0.25, 0.3) is 0 Å². The molecule has 0 saturated carbocycles. The Morgan fingerprint density at radius 2 is 2.31 bits per heavy atom. The molecule has 0 aromatic heterocycles. The third kappa shape index (κ3) is 3.13. The first-order valence-corrected chi connectivity index (χ1v) is 5.84. The fourth-order valence-corrected chi connectivity index (χ4v) is 1.54. The number of hydrogen-bond donors (Lipinski definition) is 2. The number of carbonyl (C=O) groups is 1. The first-order chi connectivity index (χ1) is 7.56. The number of amides is 1. The summed E-state index contributed by atoms with van der Waals surface area (Å²) in [7, 11) is 0. The molecule has 16 heavy (non-hydrogen) atoms. The third-order valence-corrected chi connectivity index (χ3v) is 2.87. The second-order valence-electron chi connectivity index (χ2n) is 3.31. The Labute approximate surface area is 103 Å². The molecule has 1 amide bonds. The molecule has 0 radical (unpaired) electrons. The molecule has 0 spiro atoms. The zero-order valence-corrected chi connectivity index (χ0v) is 10.9. The van der Waals surface area contributed by atoms with Gasteiger partial charge < -0.3 is 15.8 Å². The van der Waals surface area contributed by atoms with Crippen molar-refractivity contribution in [3.05, 3.63) is 22.7 Å². The summed E-state index contributed by atoms with van der Waals surface area (Å²) < 4.78 is 6.17. The number of nitrogens with one attached hydrogen (secondary N) is 1. The summed E-state index contributed by atoms with van der Waals surface area (Å²) in [5, 5.41) is 2.69. The average Bonchev–Trinajstić information content (AvgIpc) is 2.25. The van der Waals surface area contributed by atoms with Gasteiger partial charge in [-0.2, -0.15) is 0 Å². The third-order valence-electron chi connectivity index (χ3n) is 2.02. The molecule has 4 nitrogen and oxygen atoms in total. The molecule has 5 heteroatoms. The van der Waals surface area contributed by atoms with Gasteiger partial charge in [0.2, 0.25) is 0 Å². The number of carbonyl (C=O) groups excluding carboxylic acids is 1. The molecule has 3 N–H and O–H groups in total. The lowest BCUT2D eigenvalue weighted by molar-refractivity contribution is -0.127. The lowest BCUT2D eigenvalue weighted by Crippen LogP contribution is -2.36. The van der Waals surface area contributed by atoms with Gasteiger partial charge in [-0.25, -0.2) is 0 Å². The molecular weight excluding hydrogens is 272 g/mol. The normalized spacial score (nSPS) is 11.9. The lowest BCUT2D eigenvalue weighted by atomic mass is 10.3. The van der Waals surface area contributed by atoms with Crippen molar-refractivity contribution in [1.29, 1.82) is 0 Å². The van der Waals surface area contributed by atoms with Gasteiger partial charge in [-0.1, -0.05) is 6.07 Å². The zero-order chi connectivity index (χ0) is 12.1. The van der Waals surface area contributed by atoms with Crippen LogP contribution in [-0.4, -0.2) is 18.6 Å². The van der Waals surface area contributed by atoms with Crippen LogP contribution >= 0.6 is 15.9 Å². The number of hydrogen-bond acceptors (Lipinski definition) is 3. The molecule has 1 aromatic rings. The predicted molar refractivity (Wildman–Crippen MR) is 67.3 cm³/mol. The number of benzene rings is 1. The van der Waals surface area contributed by atoms with Gasteiger partial charge in [-0.15, -0.1) is 0 Å². The van der Waals surface area contributed by atoms with Gasteiger partial charge in [0.15, 0.2) is 6.10 Å². The van der Waals surface area contributed by atoms with Crippen molar-refractivity contribution < 1.29 is 9.53 Å². The highest BCUT2D eigenvalue weighted by Crippen LogP contribution is 2.30. The molecule has 0 heterocycles. The quantitative estimate of drug-likeness (QED) is 0.832. The van der Waals surface area contributed by atoms with Crippen molar-refractivity contribution in [2.24, 2.45) is 0 Å². The van der Waals surface area contributed by atoms with Crippen molar-refractivity contribution >= 4 is 27.5 Å². The van der Waals surface area contributed by atoms with Gasteiger partial charge in [-0.05, 0) is 41.9 Å². The van der Waals surface area contributed by atoms with Crippen molar-refractivity contribution in [3.8, 4) is 5.75 Å². The van der Waals surface area contributed by atoms with Gasteiger partial charge in [-0.3, -0.25) is 4.79 Å². The van der Waals surface area contributed by atoms with E-state index < -0.39 is 6.10 Å².